The average molecular weight is 291 g/mol. The fraction of sp³-hybridized carbons (Fsp3) is 0.647. The number of nitrogens with zero attached hydrogens (tertiary/aromatic N) is 2. The molecule has 2 aliphatic heterocycles. The van der Waals surface area contributed by atoms with E-state index < -0.39 is 0 Å². The molecular weight excluding hydrogens is 265 g/mol. The number of hydrogen-bond donors (Lipinski definition) is 1. The smallest absolute Gasteiger partial charge is 0.0940 e. The highest BCUT2D eigenvalue weighted by molar-refractivity contribution is 5.60. The lowest BCUT2D eigenvalue weighted by Crippen LogP contribution is -2.43. The summed E-state index contributed by atoms with van der Waals surface area (Å²) in [6, 6.07) is 6.57. The first kappa shape index (κ1) is 14.8. The van der Waals surface area contributed by atoms with Crippen LogP contribution in [0.3, 0.4) is 0 Å². The van der Waals surface area contributed by atoms with Gasteiger partial charge in [0, 0.05) is 57.4 Å². The van der Waals surface area contributed by atoms with Gasteiger partial charge in [-0.1, -0.05) is 18.2 Å². The maximum Gasteiger partial charge on any atom is 0.0940 e. The molecule has 4 heteroatoms. The zero-order valence-corrected chi connectivity index (χ0v) is 12.9. The number of anilines is 1. The summed E-state index contributed by atoms with van der Waals surface area (Å²) in [4.78, 5) is 4.91. The minimum atomic E-state index is -0.185. The standard InChI is InChI=1S/C17H26FN3/c1-14-3-2-4-16(13-20-9-6-19-7-10-20)17(14)21-8-5-15(11-18)12-21/h2-4,15,19H,5-13H2,1H3/t15-/m1/s1. The Bertz CT molecular complexity index is 471. The van der Waals surface area contributed by atoms with Crippen molar-refractivity contribution in [2.24, 2.45) is 5.92 Å². The van der Waals surface area contributed by atoms with E-state index in [9.17, 15) is 4.39 Å². The van der Waals surface area contributed by atoms with Crippen LogP contribution in [0.25, 0.3) is 0 Å². The predicted molar refractivity (Wildman–Crippen MR) is 85.6 cm³/mol. The van der Waals surface area contributed by atoms with Crippen molar-refractivity contribution >= 4 is 5.69 Å². The van der Waals surface area contributed by atoms with Crippen LogP contribution >= 0.6 is 0 Å². The van der Waals surface area contributed by atoms with Gasteiger partial charge in [0.15, 0.2) is 0 Å². The summed E-state index contributed by atoms with van der Waals surface area (Å²) < 4.78 is 12.9. The topological polar surface area (TPSA) is 18.5 Å². The number of piperazine rings is 1. The predicted octanol–water partition coefficient (Wildman–Crippen LogP) is 2.20. The number of para-hydroxylation sites is 1. The number of halogens is 1. The fourth-order valence-corrected chi connectivity index (χ4v) is 3.57. The second-order valence-electron chi connectivity index (χ2n) is 6.36. The van der Waals surface area contributed by atoms with E-state index in [-0.39, 0.29) is 12.6 Å². The number of rotatable bonds is 4. The molecule has 2 aliphatic rings. The molecule has 0 radical (unpaired) electrons. The van der Waals surface area contributed by atoms with Crippen LogP contribution in [0, 0.1) is 12.8 Å². The first-order valence-electron chi connectivity index (χ1n) is 8.10. The Kier molecular flexibility index (Phi) is 4.76. The Morgan fingerprint density at radius 2 is 2.05 bits per heavy atom. The molecule has 21 heavy (non-hydrogen) atoms. The van der Waals surface area contributed by atoms with Crippen molar-refractivity contribution in [2.45, 2.75) is 19.9 Å². The van der Waals surface area contributed by atoms with Crippen LogP contribution in [-0.2, 0) is 6.54 Å². The van der Waals surface area contributed by atoms with E-state index in [1.165, 1.54) is 16.8 Å². The molecule has 3 rings (SSSR count). The Morgan fingerprint density at radius 1 is 1.24 bits per heavy atom. The molecule has 2 saturated heterocycles. The lowest BCUT2D eigenvalue weighted by Gasteiger charge is -2.30. The molecule has 0 spiro atoms. The van der Waals surface area contributed by atoms with E-state index in [2.05, 4.69) is 40.2 Å². The van der Waals surface area contributed by atoms with Crippen molar-refractivity contribution in [1.29, 1.82) is 0 Å². The normalized spacial score (nSPS) is 23.7. The molecule has 1 aromatic rings. The summed E-state index contributed by atoms with van der Waals surface area (Å²) in [5.74, 6) is 0.219. The van der Waals surface area contributed by atoms with Gasteiger partial charge >= 0.3 is 0 Å². The highest BCUT2D eigenvalue weighted by Crippen LogP contribution is 2.31. The largest absolute Gasteiger partial charge is 0.371 e. The first-order chi connectivity index (χ1) is 10.3. The molecule has 2 fully saturated rings. The van der Waals surface area contributed by atoms with Crippen molar-refractivity contribution < 1.29 is 4.39 Å². The van der Waals surface area contributed by atoms with Crippen molar-refractivity contribution in [3.63, 3.8) is 0 Å². The van der Waals surface area contributed by atoms with Crippen LogP contribution in [0.4, 0.5) is 10.1 Å². The molecule has 1 atom stereocenters. The highest BCUT2D eigenvalue weighted by Gasteiger charge is 2.25. The van der Waals surface area contributed by atoms with Crippen LogP contribution < -0.4 is 10.2 Å². The maximum absolute atomic E-state index is 12.9. The fourth-order valence-electron chi connectivity index (χ4n) is 3.57. The van der Waals surface area contributed by atoms with Crippen LogP contribution in [0.15, 0.2) is 18.2 Å². The molecule has 0 aliphatic carbocycles. The number of nitrogens with one attached hydrogen (secondary N) is 1. The molecule has 0 aromatic heterocycles. The lowest BCUT2D eigenvalue weighted by molar-refractivity contribution is 0.233. The monoisotopic (exact) mass is 291 g/mol. The van der Waals surface area contributed by atoms with Gasteiger partial charge in [-0.15, -0.1) is 0 Å². The Hall–Kier alpha value is -1.13. The molecule has 3 nitrogen and oxygen atoms in total. The quantitative estimate of drug-likeness (QED) is 0.917. The van der Waals surface area contributed by atoms with Gasteiger partial charge in [-0.3, -0.25) is 9.29 Å². The number of alkyl halides is 1. The van der Waals surface area contributed by atoms with Crippen molar-refractivity contribution in [3.8, 4) is 0 Å². The zero-order valence-electron chi connectivity index (χ0n) is 12.9. The van der Waals surface area contributed by atoms with Gasteiger partial charge in [-0.2, -0.15) is 0 Å². The summed E-state index contributed by atoms with van der Waals surface area (Å²) >= 11 is 0. The van der Waals surface area contributed by atoms with Crippen molar-refractivity contribution in [1.82, 2.24) is 10.2 Å². The number of hydrogen-bond acceptors (Lipinski definition) is 3. The van der Waals surface area contributed by atoms with Gasteiger partial charge in [0.25, 0.3) is 0 Å². The Labute approximate surface area is 127 Å². The second kappa shape index (κ2) is 6.75. The minimum absolute atomic E-state index is 0.185. The van der Waals surface area contributed by atoms with Crippen LogP contribution in [0.1, 0.15) is 17.5 Å². The summed E-state index contributed by atoms with van der Waals surface area (Å²) in [7, 11) is 0. The van der Waals surface area contributed by atoms with Gasteiger partial charge in [0.2, 0.25) is 0 Å². The van der Waals surface area contributed by atoms with Gasteiger partial charge in [-0.25, -0.2) is 0 Å². The van der Waals surface area contributed by atoms with Crippen molar-refractivity contribution in [2.75, 3.05) is 50.8 Å². The van der Waals surface area contributed by atoms with Gasteiger partial charge in [0.05, 0.1) is 6.67 Å². The number of benzene rings is 1. The van der Waals surface area contributed by atoms with Gasteiger partial charge in [0.1, 0.15) is 0 Å². The number of aryl methyl sites for hydroxylation is 1. The van der Waals surface area contributed by atoms with E-state index in [0.29, 0.717) is 0 Å². The zero-order chi connectivity index (χ0) is 14.7. The summed E-state index contributed by atoms with van der Waals surface area (Å²) in [5.41, 5.74) is 4.07. The minimum Gasteiger partial charge on any atom is -0.371 e. The van der Waals surface area contributed by atoms with E-state index >= 15 is 0 Å². The third kappa shape index (κ3) is 3.38. The summed E-state index contributed by atoms with van der Waals surface area (Å²) in [5, 5.41) is 3.40. The second-order valence-corrected chi connectivity index (χ2v) is 6.36. The third-order valence-electron chi connectivity index (χ3n) is 4.75. The molecular formula is C17H26FN3. The average Bonchev–Trinajstić information content (AvgIpc) is 2.97. The van der Waals surface area contributed by atoms with E-state index in [1.807, 2.05) is 0 Å². The third-order valence-corrected chi connectivity index (χ3v) is 4.75. The highest BCUT2D eigenvalue weighted by atomic mass is 19.1. The van der Waals surface area contributed by atoms with Gasteiger partial charge in [-0.05, 0) is 24.5 Å². The molecule has 1 N–H and O–H groups in total. The Morgan fingerprint density at radius 3 is 2.76 bits per heavy atom. The van der Waals surface area contributed by atoms with Crippen molar-refractivity contribution in [3.05, 3.63) is 29.3 Å². The van der Waals surface area contributed by atoms with E-state index in [1.54, 1.807) is 0 Å². The van der Waals surface area contributed by atoms with Crippen LogP contribution in [-0.4, -0.2) is 50.8 Å². The molecule has 116 valence electrons. The van der Waals surface area contributed by atoms with Gasteiger partial charge < -0.3 is 10.2 Å². The molecule has 0 amide bonds. The van der Waals surface area contributed by atoms with Crippen LogP contribution in [0.2, 0.25) is 0 Å². The maximum atomic E-state index is 12.9. The summed E-state index contributed by atoms with van der Waals surface area (Å²) in [6.07, 6.45) is 0.984. The van der Waals surface area contributed by atoms with E-state index in [4.69, 9.17) is 0 Å². The first-order valence-corrected chi connectivity index (χ1v) is 8.10. The molecule has 0 bridgehead atoms. The molecule has 0 saturated carbocycles. The lowest BCUT2D eigenvalue weighted by atomic mass is 10.1. The van der Waals surface area contributed by atoms with Crippen LogP contribution in [0.5, 0.6) is 0 Å². The molecule has 0 unspecified atom stereocenters. The van der Waals surface area contributed by atoms with E-state index in [0.717, 1.165) is 52.2 Å². The molecule has 2 heterocycles. The summed E-state index contributed by atoms with van der Waals surface area (Å²) in [6.45, 7) is 9.25. The SMILES string of the molecule is Cc1cccc(CN2CCNCC2)c1N1CC[C@H](CF)C1. The Balaban J connectivity index is 1.78. The molecule has 1 aromatic carbocycles.